The molecule has 0 bridgehead atoms. The Morgan fingerprint density at radius 1 is 1.23 bits per heavy atom. The fourth-order valence-electron chi connectivity index (χ4n) is 3.38. The van der Waals surface area contributed by atoms with Crippen LogP contribution in [0.3, 0.4) is 0 Å². The highest BCUT2D eigenvalue weighted by molar-refractivity contribution is 5.97. The lowest BCUT2D eigenvalue weighted by Crippen LogP contribution is -2.26. The van der Waals surface area contributed by atoms with Gasteiger partial charge < -0.3 is 9.64 Å². The van der Waals surface area contributed by atoms with E-state index < -0.39 is 5.82 Å². The van der Waals surface area contributed by atoms with E-state index in [1.54, 1.807) is 4.90 Å². The molecule has 0 fully saturated rings. The minimum Gasteiger partial charge on any atom is -0.496 e. The van der Waals surface area contributed by atoms with E-state index in [9.17, 15) is 9.18 Å². The number of nitrogens with zero attached hydrogens (tertiary/aromatic N) is 4. The van der Waals surface area contributed by atoms with E-state index in [-0.39, 0.29) is 11.5 Å². The Balaban J connectivity index is 1.72. The van der Waals surface area contributed by atoms with Crippen molar-refractivity contribution in [2.75, 3.05) is 7.11 Å². The molecule has 1 amide bonds. The predicted molar refractivity (Wildman–Crippen MR) is 93.7 cm³/mol. The van der Waals surface area contributed by atoms with Crippen molar-refractivity contribution in [3.05, 3.63) is 57.8 Å². The maximum atomic E-state index is 13.6. The topological polar surface area (TPSA) is 59.7 Å². The molecule has 0 atom stereocenters. The Kier molecular flexibility index (Phi) is 3.68. The fraction of sp³-hybridized carbons (Fsp3) is 0.316. The minimum absolute atomic E-state index is 0.214. The number of carbonyl (C=O) groups is 1. The van der Waals surface area contributed by atoms with Crippen molar-refractivity contribution in [1.82, 2.24) is 19.5 Å². The lowest BCUT2D eigenvalue weighted by atomic mass is 10.1. The normalized spacial score (nSPS) is 13.3. The van der Waals surface area contributed by atoms with Crippen molar-refractivity contribution in [3.8, 4) is 5.75 Å². The number of amides is 1. The summed E-state index contributed by atoms with van der Waals surface area (Å²) in [7, 11) is 1.46. The molecule has 0 saturated heterocycles. The summed E-state index contributed by atoms with van der Waals surface area (Å²) in [5.74, 6) is -0.392. The molecule has 0 N–H and O–H groups in total. The molecule has 0 spiro atoms. The molecule has 0 radical (unpaired) electrons. The first-order valence-corrected chi connectivity index (χ1v) is 8.37. The summed E-state index contributed by atoms with van der Waals surface area (Å²) in [6.07, 6.45) is 0. The molecule has 26 heavy (non-hydrogen) atoms. The number of aryl methyl sites for hydroxylation is 2. The third kappa shape index (κ3) is 2.34. The van der Waals surface area contributed by atoms with E-state index >= 15 is 0 Å². The third-order valence-electron chi connectivity index (χ3n) is 5.09. The second-order valence-corrected chi connectivity index (χ2v) is 6.57. The molecule has 1 aliphatic rings. The van der Waals surface area contributed by atoms with Crippen LogP contribution in [0.1, 0.15) is 38.6 Å². The summed E-state index contributed by atoms with van der Waals surface area (Å²) >= 11 is 0. The van der Waals surface area contributed by atoms with Crippen LogP contribution in [0, 0.1) is 26.6 Å². The van der Waals surface area contributed by atoms with Gasteiger partial charge in [-0.15, -0.1) is 0 Å². The molecular formula is C19H19FN4O2. The van der Waals surface area contributed by atoms with Crippen LogP contribution in [-0.4, -0.2) is 32.5 Å². The Morgan fingerprint density at radius 3 is 2.73 bits per heavy atom. The van der Waals surface area contributed by atoms with Crippen LogP contribution in [0.4, 0.5) is 4.39 Å². The van der Waals surface area contributed by atoms with Crippen molar-refractivity contribution < 1.29 is 13.9 Å². The number of benzene rings is 1. The molecule has 7 heteroatoms. The predicted octanol–water partition coefficient (Wildman–Crippen LogP) is 2.96. The van der Waals surface area contributed by atoms with Gasteiger partial charge in [0.25, 0.3) is 5.91 Å². The maximum absolute atomic E-state index is 13.6. The average Bonchev–Trinajstić information content (AvgIpc) is 3.18. The monoisotopic (exact) mass is 354 g/mol. The highest BCUT2D eigenvalue weighted by Gasteiger charge is 2.31. The average molecular weight is 354 g/mol. The van der Waals surface area contributed by atoms with Gasteiger partial charge in [0.15, 0.2) is 5.65 Å². The number of rotatable bonds is 2. The molecule has 0 aliphatic carbocycles. The molecular weight excluding hydrogens is 335 g/mol. The molecule has 2 aromatic heterocycles. The van der Waals surface area contributed by atoms with Crippen LogP contribution in [0.25, 0.3) is 5.65 Å². The van der Waals surface area contributed by atoms with Gasteiger partial charge in [0.2, 0.25) is 0 Å². The zero-order valence-corrected chi connectivity index (χ0v) is 15.1. The van der Waals surface area contributed by atoms with Gasteiger partial charge in [-0.1, -0.05) is 0 Å². The van der Waals surface area contributed by atoms with Gasteiger partial charge in [-0.3, -0.25) is 4.79 Å². The summed E-state index contributed by atoms with van der Waals surface area (Å²) in [6.45, 7) is 6.77. The fourth-order valence-corrected chi connectivity index (χ4v) is 3.38. The van der Waals surface area contributed by atoms with Gasteiger partial charge in [0, 0.05) is 17.0 Å². The van der Waals surface area contributed by atoms with E-state index in [4.69, 9.17) is 4.74 Å². The minimum atomic E-state index is -0.470. The van der Waals surface area contributed by atoms with Gasteiger partial charge in [0.1, 0.15) is 11.6 Å². The van der Waals surface area contributed by atoms with Crippen LogP contribution < -0.4 is 4.74 Å². The standard InChI is InChI=1S/C19H19FN4O2/c1-10-11(2)21-18-15-8-23(9-16(15)22-24(18)12(10)3)19(25)14-7-13(20)5-6-17(14)26-4/h5-7H,8-9H2,1-4H3. The van der Waals surface area contributed by atoms with Gasteiger partial charge in [-0.25, -0.2) is 13.9 Å². The molecule has 0 saturated carbocycles. The zero-order chi connectivity index (χ0) is 18.6. The van der Waals surface area contributed by atoms with Crippen LogP contribution in [0.15, 0.2) is 18.2 Å². The Bertz CT molecular complexity index is 1060. The van der Waals surface area contributed by atoms with Crippen molar-refractivity contribution in [3.63, 3.8) is 0 Å². The maximum Gasteiger partial charge on any atom is 0.258 e. The summed E-state index contributed by atoms with van der Waals surface area (Å²) < 4.78 is 20.7. The van der Waals surface area contributed by atoms with Gasteiger partial charge in [-0.2, -0.15) is 5.10 Å². The Labute approximate surface area is 150 Å². The smallest absolute Gasteiger partial charge is 0.258 e. The van der Waals surface area contributed by atoms with Crippen LogP contribution in [0.2, 0.25) is 0 Å². The summed E-state index contributed by atoms with van der Waals surface area (Å²) in [5.41, 5.74) is 5.87. The van der Waals surface area contributed by atoms with E-state index in [0.717, 1.165) is 33.9 Å². The summed E-state index contributed by atoms with van der Waals surface area (Å²) in [4.78, 5) is 19.2. The Hall–Kier alpha value is -2.96. The summed E-state index contributed by atoms with van der Waals surface area (Å²) in [5, 5.41) is 4.64. The number of hydrogen-bond acceptors (Lipinski definition) is 4. The van der Waals surface area contributed by atoms with Crippen molar-refractivity contribution in [2.45, 2.75) is 33.9 Å². The third-order valence-corrected chi connectivity index (χ3v) is 5.09. The summed E-state index contributed by atoms with van der Waals surface area (Å²) in [6, 6.07) is 3.95. The second kappa shape index (κ2) is 5.79. The van der Waals surface area contributed by atoms with Crippen LogP contribution in [0.5, 0.6) is 5.75 Å². The van der Waals surface area contributed by atoms with E-state index in [0.29, 0.717) is 18.8 Å². The lowest BCUT2D eigenvalue weighted by Gasteiger charge is -2.18. The first-order chi connectivity index (χ1) is 12.4. The highest BCUT2D eigenvalue weighted by atomic mass is 19.1. The van der Waals surface area contributed by atoms with E-state index in [1.165, 1.54) is 25.3 Å². The number of aromatic nitrogens is 3. The van der Waals surface area contributed by atoms with E-state index in [1.807, 2.05) is 25.3 Å². The van der Waals surface area contributed by atoms with Crippen molar-refractivity contribution in [2.24, 2.45) is 0 Å². The number of fused-ring (bicyclic) bond motifs is 3. The molecule has 1 aliphatic heterocycles. The Morgan fingerprint density at radius 2 is 2.00 bits per heavy atom. The van der Waals surface area contributed by atoms with Gasteiger partial charge in [-0.05, 0) is 44.5 Å². The molecule has 1 aromatic carbocycles. The molecule has 3 heterocycles. The van der Waals surface area contributed by atoms with Gasteiger partial charge >= 0.3 is 0 Å². The zero-order valence-electron chi connectivity index (χ0n) is 15.1. The number of methoxy groups -OCH3 is 1. The van der Waals surface area contributed by atoms with Crippen LogP contribution >= 0.6 is 0 Å². The first kappa shape index (κ1) is 16.5. The van der Waals surface area contributed by atoms with E-state index in [2.05, 4.69) is 10.1 Å². The molecule has 0 unspecified atom stereocenters. The van der Waals surface area contributed by atoms with Crippen LogP contribution in [-0.2, 0) is 13.1 Å². The molecule has 134 valence electrons. The second-order valence-electron chi connectivity index (χ2n) is 6.57. The SMILES string of the molecule is COc1ccc(F)cc1C(=O)N1Cc2nn3c(C)c(C)c(C)nc3c2C1. The van der Waals surface area contributed by atoms with Crippen molar-refractivity contribution in [1.29, 1.82) is 0 Å². The first-order valence-electron chi connectivity index (χ1n) is 8.37. The van der Waals surface area contributed by atoms with Crippen molar-refractivity contribution >= 4 is 11.6 Å². The number of carbonyl (C=O) groups excluding carboxylic acids is 1. The lowest BCUT2D eigenvalue weighted by molar-refractivity contribution is 0.0745. The largest absolute Gasteiger partial charge is 0.496 e. The number of ether oxygens (including phenoxy) is 1. The quantitative estimate of drug-likeness (QED) is 0.710. The number of halogens is 1. The van der Waals surface area contributed by atoms with Gasteiger partial charge in [0.05, 0.1) is 31.5 Å². The molecule has 4 rings (SSSR count). The molecule has 3 aromatic rings. The molecule has 6 nitrogen and oxygen atoms in total. The highest BCUT2D eigenvalue weighted by Crippen LogP contribution is 2.30. The number of hydrogen-bond donors (Lipinski definition) is 0.